The van der Waals surface area contributed by atoms with Crippen LogP contribution < -0.4 is 5.32 Å². The standard InChI is InChI=1S/C9H17NS/c1-3-4-6-10-9-5-7-11-8(9)2/h3,8-10H,1,4-7H2,2H3. The van der Waals surface area contributed by atoms with E-state index >= 15 is 0 Å². The molecular formula is C9H17NS. The zero-order valence-electron chi connectivity index (χ0n) is 7.18. The Kier molecular flexibility index (Phi) is 4.02. The zero-order valence-corrected chi connectivity index (χ0v) is 7.99. The Morgan fingerprint density at radius 1 is 1.73 bits per heavy atom. The summed E-state index contributed by atoms with van der Waals surface area (Å²) in [4.78, 5) is 0. The summed E-state index contributed by atoms with van der Waals surface area (Å²) in [5.74, 6) is 1.33. The molecule has 1 nitrogen and oxygen atoms in total. The minimum atomic E-state index is 0.750. The second-order valence-corrected chi connectivity index (χ2v) is 4.49. The van der Waals surface area contributed by atoms with Crippen molar-refractivity contribution >= 4 is 11.8 Å². The first-order chi connectivity index (χ1) is 5.34. The average molecular weight is 171 g/mol. The Morgan fingerprint density at radius 3 is 3.09 bits per heavy atom. The molecule has 0 bridgehead atoms. The van der Waals surface area contributed by atoms with Gasteiger partial charge in [-0.15, -0.1) is 6.58 Å². The van der Waals surface area contributed by atoms with Gasteiger partial charge in [0.1, 0.15) is 0 Å². The predicted octanol–water partition coefficient (Wildman–Crippen LogP) is 2.05. The van der Waals surface area contributed by atoms with E-state index in [2.05, 4.69) is 30.6 Å². The van der Waals surface area contributed by atoms with Gasteiger partial charge in [0.05, 0.1) is 0 Å². The third kappa shape index (κ3) is 2.88. The summed E-state index contributed by atoms with van der Waals surface area (Å²) in [5.41, 5.74) is 0. The Bertz CT molecular complexity index is 125. The summed E-state index contributed by atoms with van der Waals surface area (Å²) < 4.78 is 0. The molecule has 11 heavy (non-hydrogen) atoms. The second-order valence-electron chi connectivity index (χ2n) is 3.00. The van der Waals surface area contributed by atoms with E-state index in [0.29, 0.717) is 0 Å². The van der Waals surface area contributed by atoms with Crippen LogP contribution in [0.5, 0.6) is 0 Å². The molecular weight excluding hydrogens is 154 g/mol. The molecule has 0 aliphatic carbocycles. The summed E-state index contributed by atoms with van der Waals surface area (Å²) in [6.45, 7) is 7.10. The predicted molar refractivity (Wildman–Crippen MR) is 53.1 cm³/mol. The number of thioether (sulfide) groups is 1. The van der Waals surface area contributed by atoms with Crippen LogP contribution in [0.25, 0.3) is 0 Å². The van der Waals surface area contributed by atoms with Crippen molar-refractivity contribution in [1.29, 1.82) is 0 Å². The summed E-state index contributed by atoms with van der Waals surface area (Å²) in [6.07, 6.45) is 4.40. The summed E-state index contributed by atoms with van der Waals surface area (Å²) in [5, 5.41) is 4.35. The van der Waals surface area contributed by atoms with E-state index in [1.54, 1.807) is 0 Å². The summed E-state index contributed by atoms with van der Waals surface area (Å²) in [6, 6.07) is 0.750. The zero-order chi connectivity index (χ0) is 8.10. The molecule has 1 heterocycles. The molecule has 0 spiro atoms. The quantitative estimate of drug-likeness (QED) is 0.513. The van der Waals surface area contributed by atoms with Crippen molar-refractivity contribution in [3.8, 4) is 0 Å². The molecule has 1 aliphatic rings. The van der Waals surface area contributed by atoms with Gasteiger partial charge in [-0.2, -0.15) is 11.8 Å². The highest BCUT2D eigenvalue weighted by atomic mass is 32.2. The molecule has 2 heteroatoms. The maximum Gasteiger partial charge on any atom is 0.0191 e. The van der Waals surface area contributed by atoms with Crippen LogP contribution in [0.15, 0.2) is 12.7 Å². The highest BCUT2D eigenvalue weighted by molar-refractivity contribution is 8.00. The molecule has 0 aromatic rings. The lowest BCUT2D eigenvalue weighted by Crippen LogP contribution is -2.33. The van der Waals surface area contributed by atoms with Crippen LogP contribution in [0.3, 0.4) is 0 Å². The molecule has 0 aromatic heterocycles. The van der Waals surface area contributed by atoms with Crippen LogP contribution in [0, 0.1) is 0 Å². The molecule has 0 saturated carbocycles. The minimum absolute atomic E-state index is 0.750. The van der Waals surface area contributed by atoms with Crippen LogP contribution in [-0.4, -0.2) is 23.6 Å². The van der Waals surface area contributed by atoms with Crippen LogP contribution >= 0.6 is 11.8 Å². The van der Waals surface area contributed by atoms with Gasteiger partial charge in [-0.05, 0) is 25.1 Å². The molecule has 2 atom stereocenters. The van der Waals surface area contributed by atoms with E-state index < -0.39 is 0 Å². The molecule has 0 amide bonds. The molecule has 1 fully saturated rings. The topological polar surface area (TPSA) is 12.0 Å². The van der Waals surface area contributed by atoms with E-state index in [-0.39, 0.29) is 0 Å². The lowest BCUT2D eigenvalue weighted by Gasteiger charge is -2.15. The first-order valence-electron chi connectivity index (χ1n) is 4.30. The monoisotopic (exact) mass is 171 g/mol. The van der Waals surface area contributed by atoms with Crippen molar-refractivity contribution in [1.82, 2.24) is 5.32 Å². The van der Waals surface area contributed by atoms with Gasteiger partial charge >= 0.3 is 0 Å². The Labute approximate surface area is 73.6 Å². The lowest BCUT2D eigenvalue weighted by atomic mass is 10.2. The highest BCUT2D eigenvalue weighted by Gasteiger charge is 2.22. The first-order valence-corrected chi connectivity index (χ1v) is 5.35. The molecule has 2 unspecified atom stereocenters. The largest absolute Gasteiger partial charge is 0.313 e. The van der Waals surface area contributed by atoms with Crippen molar-refractivity contribution in [2.24, 2.45) is 0 Å². The molecule has 64 valence electrons. The van der Waals surface area contributed by atoms with Crippen molar-refractivity contribution in [2.75, 3.05) is 12.3 Å². The van der Waals surface area contributed by atoms with Crippen molar-refractivity contribution < 1.29 is 0 Å². The fourth-order valence-corrected chi connectivity index (χ4v) is 2.60. The molecule has 1 aliphatic heterocycles. The van der Waals surface area contributed by atoms with Gasteiger partial charge in [0.15, 0.2) is 0 Å². The summed E-state index contributed by atoms with van der Waals surface area (Å²) >= 11 is 2.08. The van der Waals surface area contributed by atoms with Gasteiger partial charge in [-0.3, -0.25) is 0 Å². The molecule has 0 radical (unpaired) electrons. The SMILES string of the molecule is C=CCCNC1CCSC1C. The fraction of sp³-hybridized carbons (Fsp3) is 0.778. The second kappa shape index (κ2) is 4.83. The fourth-order valence-electron chi connectivity index (χ4n) is 1.37. The highest BCUT2D eigenvalue weighted by Crippen LogP contribution is 2.25. The maximum absolute atomic E-state index is 3.70. The van der Waals surface area contributed by atoms with Gasteiger partial charge in [0, 0.05) is 11.3 Å². The maximum atomic E-state index is 3.70. The Hall–Kier alpha value is 0.0500. The van der Waals surface area contributed by atoms with E-state index in [1.807, 2.05) is 6.08 Å². The number of hydrogen-bond donors (Lipinski definition) is 1. The molecule has 1 saturated heterocycles. The van der Waals surface area contributed by atoms with Crippen molar-refractivity contribution in [3.05, 3.63) is 12.7 Å². The third-order valence-electron chi connectivity index (χ3n) is 2.13. The number of nitrogens with one attached hydrogen (secondary N) is 1. The Balaban J connectivity index is 2.10. The van der Waals surface area contributed by atoms with E-state index in [9.17, 15) is 0 Å². The number of rotatable bonds is 4. The molecule has 0 aromatic carbocycles. The third-order valence-corrected chi connectivity index (χ3v) is 3.46. The van der Waals surface area contributed by atoms with Gasteiger partial charge in [-0.1, -0.05) is 13.0 Å². The average Bonchev–Trinajstić information content (AvgIpc) is 2.37. The van der Waals surface area contributed by atoms with Crippen LogP contribution in [0.2, 0.25) is 0 Å². The first kappa shape index (κ1) is 9.14. The minimum Gasteiger partial charge on any atom is -0.313 e. The molecule has 1 rings (SSSR count). The van der Waals surface area contributed by atoms with Gasteiger partial charge in [0.2, 0.25) is 0 Å². The lowest BCUT2D eigenvalue weighted by molar-refractivity contribution is 0.519. The van der Waals surface area contributed by atoms with E-state index in [0.717, 1.165) is 24.3 Å². The van der Waals surface area contributed by atoms with E-state index in [1.165, 1.54) is 12.2 Å². The van der Waals surface area contributed by atoms with Gasteiger partial charge in [0.25, 0.3) is 0 Å². The normalized spacial score (nSPS) is 30.6. The molecule has 1 N–H and O–H groups in total. The smallest absolute Gasteiger partial charge is 0.0191 e. The van der Waals surface area contributed by atoms with Crippen LogP contribution in [0.1, 0.15) is 19.8 Å². The van der Waals surface area contributed by atoms with E-state index in [4.69, 9.17) is 0 Å². The summed E-state index contributed by atoms with van der Waals surface area (Å²) in [7, 11) is 0. The van der Waals surface area contributed by atoms with Gasteiger partial charge in [-0.25, -0.2) is 0 Å². The Morgan fingerprint density at radius 2 is 2.55 bits per heavy atom. The van der Waals surface area contributed by atoms with Crippen molar-refractivity contribution in [2.45, 2.75) is 31.1 Å². The van der Waals surface area contributed by atoms with Crippen LogP contribution in [-0.2, 0) is 0 Å². The van der Waals surface area contributed by atoms with Crippen molar-refractivity contribution in [3.63, 3.8) is 0 Å². The number of hydrogen-bond acceptors (Lipinski definition) is 2. The van der Waals surface area contributed by atoms with Gasteiger partial charge < -0.3 is 5.32 Å². The van der Waals surface area contributed by atoms with Crippen LogP contribution in [0.4, 0.5) is 0 Å².